The lowest BCUT2D eigenvalue weighted by Crippen LogP contribution is -2.14. The molecule has 0 unspecified atom stereocenters. The summed E-state index contributed by atoms with van der Waals surface area (Å²) in [5.41, 5.74) is 6.60. The molecule has 0 bridgehead atoms. The summed E-state index contributed by atoms with van der Waals surface area (Å²) >= 11 is 0. The number of anilines is 3. The fourth-order valence-electron chi connectivity index (χ4n) is 2.65. The summed E-state index contributed by atoms with van der Waals surface area (Å²) in [6.45, 7) is 8.05. The summed E-state index contributed by atoms with van der Waals surface area (Å²) in [5.74, 6) is 0.233. The molecule has 1 aromatic heterocycles. The van der Waals surface area contributed by atoms with Crippen molar-refractivity contribution in [1.82, 2.24) is 9.97 Å². The first-order valence-corrected chi connectivity index (χ1v) is 8.47. The van der Waals surface area contributed by atoms with Gasteiger partial charge in [0, 0.05) is 23.8 Å². The van der Waals surface area contributed by atoms with Crippen LogP contribution in [0.5, 0.6) is 0 Å². The summed E-state index contributed by atoms with van der Waals surface area (Å²) in [4.78, 5) is 20.9. The summed E-state index contributed by atoms with van der Waals surface area (Å²) in [6, 6.07) is 12.0. The molecule has 5 heteroatoms. The standard InChI is InChI=1S/C21H22N4O/c1-13-6-8-18(16(4)9-13)24-20(26)17-11-22-21(23-12-17)25-19-10-14(2)5-7-15(19)3/h5-12H,1-4H3,(H,24,26)(H,22,23,25). The van der Waals surface area contributed by atoms with Crippen molar-refractivity contribution >= 4 is 23.2 Å². The topological polar surface area (TPSA) is 66.9 Å². The van der Waals surface area contributed by atoms with Crippen molar-refractivity contribution in [2.45, 2.75) is 27.7 Å². The molecule has 1 heterocycles. The molecular formula is C21H22N4O. The third-order valence-corrected chi connectivity index (χ3v) is 4.18. The van der Waals surface area contributed by atoms with Gasteiger partial charge in [-0.1, -0.05) is 29.8 Å². The zero-order chi connectivity index (χ0) is 18.7. The average Bonchev–Trinajstić information content (AvgIpc) is 2.61. The van der Waals surface area contributed by atoms with Crippen LogP contribution in [-0.2, 0) is 0 Å². The molecular weight excluding hydrogens is 324 g/mol. The summed E-state index contributed by atoms with van der Waals surface area (Å²) in [6.07, 6.45) is 3.05. The Morgan fingerprint density at radius 3 is 2.15 bits per heavy atom. The van der Waals surface area contributed by atoms with E-state index in [2.05, 4.69) is 26.7 Å². The molecule has 0 saturated carbocycles. The molecule has 0 saturated heterocycles. The number of hydrogen-bond donors (Lipinski definition) is 2. The lowest BCUT2D eigenvalue weighted by molar-refractivity contribution is 0.102. The second-order valence-electron chi connectivity index (χ2n) is 6.51. The molecule has 0 fully saturated rings. The normalized spacial score (nSPS) is 10.5. The maximum atomic E-state index is 12.4. The van der Waals surface area contributed by atoms with E-state index >= 15 is 0 Å². The van der Waals surface area contributed by atoms with Crippen LogP contribution in [-0.4, -0.2) is 15.9 Å². The Bertz CT molecular complexity index is 949. The van der Waals surface area contributed by atoms with Gasteiger partial charge in [-0.15, -0.1) is 0 Å². The highest BCUT2D eigenvalue weighted by molar-refractivity contribution is 6.04. The van der Waals surface area contributed by atoms with Gasteiger partial charge in [0.15, 0.2) is 0 Å². The van der Waals surface area contributed by atoms with Crippen molar-refractivity contribution in [3.8, 4) is 0 Å². The predicted molar refractivity (Wildman–Crippen MR) is 105 cm³/mol. The van der Waals surface area contributed by atoms with Crippen molar-refractivity contribution < 1.29 is 4.79 Å². The SMILES string of the molecule is Cc1ccc(NC(=O)c2cnc(Nc3cc(C)ccc3C)nc2)c(C)c1. The van der Waals surface area contributed by atoms with Gasteiger partial charge in [-0.05, 0) is 56.5 Å². The molecule has 26 heavy (non-hydrogen) atoms. The molecule has 2 aromatic carbocycles. The molecule has 3 rings (SSSR count). The van der Waals surface area contributed by atoms with Gasteiger partial charge in [0.2, 0.25) is 5.95 Å². The third-order valence-electron chi connectivity index (χ3n) is 4.18. The number of amides is 1. The van der Waals surface area contributed by atoms with E-state index < -0.39 is 0 Å². The first-order chi connectivity index (χ1) is 12.4. The van der Waals surface area contributed by atoms with Crippen molar-refractivity contribution in [1.29, 1.82) is 0 Å². The monoisotopic (exact) mass is 346 g/mol. The lowest BCUT2D eigenvalue weighted by Gasteiger charge is -2.10. The van der Waals surface area contributed by atoms with Crippen LogP contribution < -0.4 is 10.6 Å². The van der Waals surface area contributed by atoms with Crippen molar-refractivity contribution in [3.05, 3.63) is 76.6 Å². The van der Waals surface area contributed by atoms with Gasteiger partial charge < -0.3 is 10.6 Å². The molecule has 5 nitrogen and oxygen atoms in total. The van der Waals surface area contributed by atoms with E-state index in [0.717, 1.165) is 33.6 Å². The largest absolute Gasteiger partial charge is 0.324 e. The number of benzene rings is 2. The number of hydrogen-bond acceptors (Lipinski definition) is 4. The zero-order valence-corrected chi connectivity index (χ0v) is 15.4. The highest BCUT2D eigenvalue weighted by Gasteiger charge is 2.10. The lowest BCUT2D eigenvalue weighted by atomic mass is 10.1. The second kappa shape index (κ2) is 7.35. The number of nitrogens with zero attached hydrogens (tertiary/aromatic N) is 2. The Morgan fingerprint density at radius 2 is 1.46 bits per heavy atom. The quantitative estimate of drug-likeness (QED) is 0.718. The van der Waals surface area contributed by atoms with Crippen LogP contribution in [0.1, 0.15) is 32.6 Å². The summed E-state index contributed by atoms with van der Waals surface area (Å²) in [7, 11) is 0. The van der Waals surface area contributed by atoms with Gasteiger partial charge in [-0.2, -0.15) is 0 Å². The van der Waals surface area contributed by atoms with Crippen LogP contribution in [0, 0.1) is 27.7 Å². The number of aromatic nitrogens is 2. The molecule has 0 atom stereocenters. The molecule has 0 aliphatic carbocycles. The molecule has 1 amide bonds. The number of rotatable bonds is 4. The Balaban J connectivity index is 1.72. The number of nitrogens with one attached hydrogen (secondary N) is 2. The van der Waals surface area contributed by atoms with Gasteiger partial charge in [-0.3, -0.25) is 4.79 Å². The van der Waals surface area contributed by atoms with Crippen LogP contribution >= 0.6 is 0 Å². The van der Waals surface area contributed by atoms with Crippen LogP contribution in [0.25, 0.3) is 0 Å². The minimum atomic E-state index is -0.227. The molecule has 132 valence electrons. The number of carbonyl (C=O) groups excluding carboxylic acids is 1. The maximum Gasteiger partial charge on any atom is 0.258 e. The predicted octanol–water partition coefficient (Wildman–Crippen LogP) is 4.71. The van der Waals surface area contributed by atoms with Crippen molar-refractivity contribution in [2.75, 3.05) is 10.6 Å². The average molecular weight is 346 g/mol. The van der Waals surface area contributed by atoms with Crippen molar-refractivity contribution in [2.24, 2.45) is 0 Å². The maximum absolute atomic E-state index is 12.4. The molecule has 3 aromatic rings. The number of aryl methyl sites for hydroxylation is 4. The Labute approximate surface area is 153 Å². The summed E-state index contributed by atoms with van der Waals surface area (Å²) in [5, 5.41) is 6.09. The second-order valence-corrected chi connectivity index (χ2v) is 6.51. The van der Waals surface area contributed by atoms with E-state index in [1.165, 1.54) is 12.4 Å². The van der Waals surface area contributed by atoms with E-state index in [9.17, 15) is 4.79 Å². The molecule has 0 aliphatic heterocycles. The Kier molecular flexibility index (Phi) is 4.98. The molecule has 0 aliphatic rings. The van der Waals surface area contributed by atoms with E-state index in [4.69, 9.17) is 0 Å². The van der Waals surface area contributed by atoms with E-state index in [0.29, 0.717) is 11.5 Å². The number of carbonyl (C=O) groups is 1. The van der Waals surface area contributed by atoms with Crippen LogP contribution in [0.3, 0.4) is 0 Å². The highest BCUT2D eigenvalue weighted by atomic mass is 16.1. The van der Waals surface area contributed by atoms with Gasteiger partial charge in [0.1, 0.15) is 0 Å². The van der Waals surface area contributed by atoms with Gasteiger partial charge in [-0.25, -0.2) is 9.97 Å². The molecule has 2 N–H and O–H groups in total. The smallest absolute Gasteiger partial charge is 0.258 e. The van der Waals surface area contributed by atoms with Crippen molar-refractivity contribution in [3.63, 3.8) is 0 Å². The summed E-state index contributed by atoms with van der Waals surface area (Å²) < 4.78 is 0. The Morgan fingerprint density at radius 1 is 0.808 bits per heavy atom. The van der Waals surface area contributed by atoms with Crippen LogP contribution in [0.15, 0.2) is 48.8 Å². The first kappa shape index (κ1) is 17.6. The fraction of sp³-hybridized carbons (Fsp3) is 0.190. The fourth-order valence-corrected chi connectivity index (χ4v) is 2.65. The first-order valence-electron chi connectivity index (χ1n) is 8.47. The van der Waals surface area contributed by atoms with Gasteiger partial charge >= 0.3 is 0 Å². The van der Waals surface area contributed by atoms with Crippen LogP contribution in [0.4, 0.5) is 17.3 Å². The molecule has 0 spiro atoms. The molecule has 0 radical (unpaired) electrons. The zero-order valence-electron chi connectivity index (χ0n) is 15.4. The minimum absolute atomic E-state index is 0.227. The van der Waals surface area contributed by atoms with E-state index in [-0.39, 0.29) is 5.91 Å². The van der Waals surface area contributed by atoms with Gasteiger partial charge in [0.05, 0.1) is 5.56 Å². The van der Waals surface area contributed by atoms with Gasteiger partial charge in [0.25, 0.3) is 5.91 Å². The highest BCUT2D eigenvalue weighted by Crippen LogP contribution is 2.20. The Hall–Kier alpha value is -3.21. The van der Waals surface area contributed by atoms with E-state index in [1.807, 2.05) is 58.0 Å². The third kappa shape index (κ3) is 4.06. The van der Waals surface area contributed by atoms with E-state index in [1.54, 1.807) is 0 Å². The minimum Gasteiger partial charge on any atom is -0.324 e. The van der Waals surface area contributed by atoms with Crippen LogP contribution in [0.2, 0.25) is 0 Å².